The molecule has 1 aromatic rings. The number of alkyl halides is 4. The second-order valence-electron chi connectivity index (χ2n) is 3.23. The molecule has 0 bridgehead atoms. The van der Waals surface area contributed by atoms with E-state index < -0.39 is 17.7 Å². The number of halogens is 4. The van der Waals surface area contributed by atoms with Crippen LogP contribution in [0, 0.1) is 0 Å². The molecule has 0 saturated carbocycles. The van der Waals surface area contributed by atoms with E-state index in [2.05, 4.69) is 15.9 Å². The minimum Gasteiger partial charge on any atom is -0.507 e. The Morgan fingerprint density at radius 1 is 1.41 bits per heavy atom. The number of benzene rings is 1. The Kier molecular flexibility index (Phi) is 4.34. The largest absolute Gasteiger partial charge is 0.507 e. The third-order valence-corrected chi connectivity index (χ3v) is 2.57. The van der Waals surface area contributed by atoms with Crippen LogP contribution in [-0.2, 0) is 10.1 Å². The molecule has 0 spiro atoms. The van der Waals surface area contributed by atoms with Crippen molar-refractivity contribution in [3.05, 3.63) is 41.5 Å². The zero-order valence-electron chi connectivity index (χ0n) is 8.46. The molecule has 0 atom stereocenters. The Labute approximate surface area is 104 Å². The van der Waals surface area contributed by atoms with Crippen LogP contribution in [0.15, 0.2) is 30.3 Å². The summed E-state index contributed by atoms with van der Waals surface area (Å²) in [5.74, 6) is -2.78. The van der Waals surface area contributed by atoms with Crippen molar-refractivity contribution < 1.29 is 23.1 Å². The van der Waals surface area contributed by atoms with Gasteiger partial charge in [0.25, 0.3) is 5.78 Å². The van der Waals surface area contributed by atoms with Crippen molar-refractivity contribution in [1.29, 1.82) is 0 Å². The van der Waals surface area contributed by atoms with E-state index in [9.17, 15) is 23.1 Å². The molecule has 2 nitrogen and oxygen atoms in total. The topological polar surface area (TPSA) is 37.3 Å². The monoisotopic (exact) mass is 308 g/mol. The lowest BCUT2D eigenvalue weighted by Crippen LogP contribution is -2.20. The molecule has 92 valence electrons. The highest BCUT2D eigenvalue weighted by Crippen LogP contribution is 2.20. The quantitative estimate of drug-likeness (QED) is 0.526. The number of carbonyl (C=O) groups excluding carboxylic acids is 1. The van der Waals surface area contributed by atoms with E-state index in [1.165, 1.54) is 12.1 Å². The Morgan fingerprint density at radius 2 is 2.06 bits per heavy atom. The van der Waals surface area contributed by atoms with Crippen LogP contribution in [-0.4, -0.2) is 17.1 Å². The fourth-order valence-electron chi connectivity index (χ4n) is 1.10. The van der Waals surface area contributed by atoms with Crippen LogP contribution in [0.5, 0.6) is 0 Å². The molecule has 0 heterocycles. The number of rotatable bonds is 3. The molecule has 0 amide bonds. The zero-order valence-corrected chi connectivity index (χ0v) is 10.0. The molecule has 0 aromatic heterocycles. The Hall–Kier alpha value is -1.30. The molecule has 1 rings (SSSR count). The molecule has 0 saturated heterocycles. The van der Waals surface area contributed by atoms with Crippen LogP contribution in [0.4, 0.5) is 13.2 Å². The molecule has 0 aliphatic heterocycles. The number of hydrogen-bond donors (Lipinski definition) is 1. The van der Waals surface area contributed by atoms with Gasteiger partial charge in [0.05, 0.1) is 0 Å². The summed E-state index contributed by atoms with van der Waals surface area (Å²) in [5.41, 5.74) is 0.946. The normalized spacial score (nSPS) is 12.6. The van der Waals surface area contributed by atoms with Crippen molar-refractivity contribution >= 4 is 27.5 Å². The predicted molar refractivity (Wildman–Crippen MR) is 60.7 cm³/mol. The van der Waals surface area contributed by atoms with E-state index in [1.54, 1.807) is 12.1 Å². The lowest BCUT2D eigenvalue weighted by Gasteiger charge is -2.04. The highest BCUT2D eigenvalue weighted by atomic mass is 79.9. The van der Waals surface area contributed by atoms with Crippen LogP contribution in [0.3, 0.4) is 0 Å². The molecule has 0 unspecified atom stereocenters. The summed E-state index contributed by atoms with van der Waals surface area (Å²) < 4.78 is 35.9. The minimum atomic E-state index is -4.97. The summed E-state index contributed by atoms with van der Waals surface area (Å²) in [7, 11) is 0. The van der Waals surface area contributed by atoms with Gasteiger partial charge >= 0.3 is 6.18 Å². The lowest BCUT2D eigenvalue weighted by atomic mass is 10.1. The van der Waals surface area contributed by atoms with E-state index >= 15 is 0 Å². The number of aliphatic hydroxyl groups excluding tert-OH is 1. The SMILES string of the molecule is O=C(C=C(O)c1cccc(CBr)c1)C(F)(F)F. The fourth-order valence-corrected chi connectivity index (χ4v) is 1.45. The summed E-state index contributed by atoms with van der Waals surface area (Å²) >= 11 is 3.18. The molecule has 0 aliphatic rings. The summed E-state index contributed by atoms with van der Waals surface area (Å²) in [4.78, 5) is 10.6. The van der Waals surface area contributed by atoms with Crippen molar-refractivity contribution in [1.82, 2.24) is 0 Å². The predicted octanol–water partition coefficient (Wildman–Crippen LogP) is 3.61. The molecule has 0 aliphatic carbocycles. The van der Waals surface area contributed by atoms with Gasteiger partial charge < -0.3 is 5.11 Å². The van der Waals surface area contributed by atoms with Crippen LogP contribution >= 0.6 is 15.9 Å². The Morgan fingerprint density at radius 3 is 2.59 bits per heavy atom. The van der Waals surface area contributed by atoms with Gasteiger partial charge in [0.1, 0.15) is 5.76 Å². The molecule has 17 heavy (non-hydrogen) atoms. The van der Waals surface area contributed by atoms with E-state index in [0.29, 0.717) is 5.33 Å². The van der Waals surface area contributed by atoms with E-state index in [1.807, 2.05) is 0 Å². The van der Waals surface area contributed by atoms with Crippen molar-refractivity contribution in [2.45, 2.75) is 11.5 Å². The Bertz CT molecular complexity index is 452. The first kappa shape index (κ1) is 13.8. The summed E-state index contributed by atoms with van der Waals surface area (Å²) in [6.45, 7) is 0. The smallest absolute Gasteiger partial charge is 0.454 e. The van der Waals surface area contributed by atoms with E-state index in [-0.39, 0.29) is 11.6 Å². The second-order valence-corrected chi connectivity index (χ2v) is 3.79. The maximum absolute atomic E-state index is 12.0. The van der Waals surface area contributed by atoms with Gasteiger partial charge in [0.2, 0.25) is 0 Å². The maximum atomic E-state index is 12.0. The standard InChI is InChI=1S/C11H8BrF3O2/c12-6-7-2-1-3-8(4-7)9(16)5-10(17)11(13,14)15/h1-5,16H,6H2. The maximum Gasteiger partial charge on any atom is 0.454 e. The molecule has 1 N–H and O–H groups in total. The number of allylic oxidation sites excluding steroid dienone is 1. The third kappa shape index (κ3) is 3.89. The average molecular weight is 309 g/mol. The number of hydrogen-bond acceptors (Lipinski definition) is 2. The van der Waals surface area contributed by atoms with Gasteiger partial charge in [-0.1, -0.05) is 34.1 Å². The fraction of sp³-hybridized carbons (Fsp3) is 0.182. The van der Waals surface area contributed by atoms with Gasteiger partial charge in [0, 0.05) is 17.0 Å². The van der Waals surface area contributed by atoms with Gasteiger partial charge in [-0.3, -0.25) is 4.79 Å². The van der Waals surface area contributed by atoms with Crippen LogP contribution in [0.25, 0.3) is 5.76 Å². The number of aliphatic hydroxyl groups is 1. The Balaban J connectivity index is 3.00. The lowest BCUT2D eigenvalue weighted by molar-refractivity contribution is -0.165. The first-order chi connectivity index (χ1) is 7.84. The average Bonchev–Trinajstić information content (AvgIpc) is 2.27. The first-order valence-corrected chi connectivity index (χ1v) is 5.64. The molecule has 6 heteroatoms. The highest BCUT2D eigenvalue weighted by molar-refractivity contribution is 9.08. The van der Waals surface area contributed by atoms with Gasteiger partial charge in [-0.25, -0.2) is 0 Å². The molecule has 0 fully saturated rings. The molecular weight excluding hydrogens is 301 g/mol. The first-order valence-electron chi connectivity index (χ1n) is 4.51. The number of carbonyl (C=O) groups is 1. The minimum absolute atomic E-state index is 0.166. The molecule has 1 aromatic carbocycles. The van der Waals surface area contributed by atoms with Crippen molar-refractivity contribution in [2.75, 3.05) is 0 Å². The third-order valence-electron chi connectivity index (χ3n) is 1.92. The van der Waals surface area contributed by atoms with Gasteiger partial charge in [-0.05, 0) is 11.6 Å². The molecular formula is C11H8BrF3O2. The van der Waals surface area contributed by atoms with Crippen LogP contribution in [0.2, 0.25) is 0 Å². The second kappa shape index (κ2) is 5.35. The summed E-state index contributed by atoms with van der Waals surface area (Å²) in [5, 5.41) is 9.90. The van der Waals surface area contributed by atoms with E-state index in [4.69, 9.17) is 0 Å². The number of ketones is 1. The van der Waals surface area contributed by atoms with Crippen LogP contribution < -0.4 is 0 Å². The summed E-state index contributed by atoms with van der Waals surface area (Å²) in [6, 6.07) is 6.22. The van der Waals surface area contributed by atoms with Crippen molar-refractivity contribution in [3.63, 3.8) is 0 Å². The van der Waals surface area contributed by atoms with E-state index in [0.717, 1.165) is 5.56 Å². The van der Waals surface area contributed by atoms with Gasteiger partial charge in [-0.2, -0.15) is 13.2 Å². The van der Waals surface area contributed by atoms with Crippen LogP contribution in [0.1, 0.15) is 11.1 Å². The zero-order chi connectivity index (χ0) is 13.1. The summed E-state index contributed by atoms with van der Waals surface area (Å²) in [6.07, 6.45) is -4.80. The van der Waals surface area contributed by atoms with Crippen molar-refractivity contribution in [3.8, 4) is 0 Å². The van der Waals surface area contributed by atoms with Gasteiger partial charge in [-0.15, -0.1) is 0 Å². The molecule has 0 radical (unpaired) electrons. The highest BCUT2D eigenvalue weighted by Gasteiger charge is 2.36. The van der Waals surface area contributed by atoms with Crippen molar-refractivity contribution in [2.24, 2.45) is 0 Å². The van der Waals surface area contributed by atoms with Gasteiger partial charge in [0.15, 0.2) is 0 Å².